The molecule has 0 spiro atoms. The third-order valence-electron chi connectivity index (χ3n) is 3.94. The molecule has 2 aliphatic rings. The van der Waals surface area contributed by atoms with Crippen molar-refractivity contribution in [2.75, 3.05) is 0 Å². The van der Waals surface area contributed by atoms with Crippen molar-refractivity contribution >= 4 is 17.7 Å². The summed E-state index contributed by atoms with van der Waals surface area (Å²) in [4.78, 5) is 11.8. The SMILES string of the molecule is Cn1cnnc1SC1CCC(NC2CC2)(C(N)=O)C1. The standard InChI is InChI=1S/C12H19N5OS/c1-17-7-14-16-11(17)19-9-4-5-12(6-9,10(13)18)15-8-2-3-8/h7-9,15H,2-6H2,1H3,(H2,13,18). The molecule has 1 heterocycles. The average Bonchev–Trinajstić information content (AvgIpc) is 2.93. The summed E-state index contributed by atoms with van der Waals surface area (Å²) >= 11 is 1.69. The molecular formula is C12H19N5OS. The molecule has 2 saturated carbocycles. The molecule has 3 N–H and O–H groups in total. The highest BCUT2D eigenvalue weighted by molar-refractivity contribution is 7.99. The summed E-state index contributed by atoms with van der Waals surface area (Å²) in [5.74, 6) is -0.208. The number of rotatable bonds is 5. The van der Waals surface area contributed by atoms with Gasteiger partial charge in [0.1, 0.15) is 6.33 Å². The summed E-state index contributed by atoms with van der Waals surface area (Å²) in [6.07, 6.45) is 6.62. The van der Waals surface area contributed by atoms with Crippen LogP contribution in [-0.4, -0.2) is 37.5 Å². The molecule has 3 rings (SSSR count). The van der Waals surface area contributed by atoms with Gasteiger partial charge in [0.25, 0.3) is 0 Å². The molecule has 7 heteroatoms. The van der Waals surface area contributed by atoms with Crippen LogP contribution in [0.1, 0.15) is 32.1 Å². The van der Waals surface area contributed by atoms with Gasteiger partial charge >= 0.3 is 0 Å². The number of hydrogen-bond acceptors (Lipinski definition) is 5. The zero-order valence-electron chi connectivity index (χ0n) is 11.0. The van der Waals surface area contributed by atoms with E-state index in [2.05, 4.69) is 15.5 Å². The number of nitrogens with two attached hydrogens (primary N) is 1. The number of carbonyl (C=O) groups is 1. The molecule has 0 aliphatic heterocycles. The summed E-state index contributed by atoms with van der Waals surface area (Å²) in [6, 6.07) is 0.492. The van der Waals surface area contributed by atoms with E-state index < -0.39 is 5.54 Å². The smallest absolute Gasteiger partial charge is 0.237 e. The maximum Gasteiger partial charge on any atom is 0.237 e. The van der Waals surface area contributed by atoms with Gasteiger partial charge < -0.3 is 15.6 Å². The quantitative estimate of drug-likeness (QED) is 0.817. The number of primary amides is 1. The number of aryl methyl sites for hydroxylation is 1. The van der Waals surface area contributed by atoms with Crippen LogP contribution >= 0.6 is 11.8 Å². The van der Waals surface area contributed by atoms with Crippen molar-refractivity contribution in [3.63, 3.8) is 0 Å². The van der Waals surface area contributed by atoms with Crippen LogP contribution in [0.15, 0.2) is 11.5 Å². The van der Waals surface area contributed by atoms with Crippen molar-refractivity contribution < 1.29 is 4.79 Å². The first-order valence-electron chi connectivity index (χ1n) is 6.67. The van der Waals surface area contributed by atoms with E-state index in [9.17, 15) is 4.79 Å². The summed E-state index contributed by atoms with van der Waals surface area (Å²) in [7, 11) is 1.93. The molecule has 0 bridgehead atoms. The Hall–Kier alpha value is -1.08. The van der Waals surface area contributed by atoms with Gasteiger partial charge in [-0.15, -0.1) is 10.2 Å². The topological polar surface area (TPSA) is 85.8 Å². The predicted molar refractivity (Wildman–Crippen MR) is 72.6 cm³/mol. The van der Waals surface area contributed by atoms with E-state index in [1.807, 2.05) is 11.6 Å². The van der Waals surface area contributed by atoms with Gasteiger partial charge in [-0.1, -0.05) is 11.8 Å². The molecular weight excluding hydrogens is 262 g/mol. The minimum absolute atomic E-state index is 0.208. The number of aromatic nitrogens is 3. The van der Waals surface area contributed by atoms with Crippen molar-refractivity contribution in [2.45, 2.75) is 54.1 Å². The Balaban J connectivity index is 1.67. The Morgan fingerprint density at radius 2 is 2.37 bits per heavy atom. The molecule has 6 nitrogen and oxygen atoms in total. The Kier molecular flexibility index (Phi) is 3.26. The fourth-order valence-electron chi connectivity index (χ4n) is 2.67. The van der Waals surface area contributed by atoms with Gasteiger partial charge in [0.2, 0.25) is 5.91 Å². The molecule has 1 aromatic rings. The first kappa shape index (κ1) is 12.9. The lowest BCUT2D eigenvalue weighted by Gasteiger charge is -2.27. The lowest BCUT2D eigenvalue weighted by atomic mass is 9.96. The van der Waals surface area contributed by atoms with Gasteiger partial charge in [-0.3, -0.25) is 4.79 Å². The van der Waals surface area contributed by atoms with E-state index in [1.165, 1.54) is 0 Å². The molecule has 1 aromatic heterocycles. The summed E-state index contributed by atoms with van der Waals surface area (Å²) in [5, 5.41) is 12.7. The van der Waals surface area contributed by atoms with Crippen molar-refractivity contribution in [2.24, 2.45) is 12.8 Å². The van der Waals surface area contributed by atoms with Crippen LogP contribution in [0.5, 0.6) is 0 Å². The zero-order chi connectivity index (χ0) is 13.5. The Morgan fingerprint density at radius 1 is 1.58 bits per heavy atom. The van der Waals surface area contributed by atoms with E-state index in [4.69, 9.17) is 5.73 Å². The fraction of sp³-hybridized carbons (Fsp3) is 0.750. The average molecular weight is 281 g/mol. The lowest BCUT2D eigenvalue weighted by Crippen LogP contribution is -2.54. The van der Waals surface area contributed by atoms with Crippen molar-refractivity contribution in [1.82, 2.24) is 20.1 Å². The van der Waals surface area contributed by atoms with Crippen molar-refractivity contribution in [3.05, 3.63) is 6.33 Å². The highest BCUT2D eigenvalue weighted by Crippen LogP contribution is 2.41. The highest BCUT2D eigenvalue weighted by atomic mass is 32.2. The van der Waals surface area contributed by atoms with E-state index in [1.54, 1.807) is 18.1 Å². The largest absolute Gasteiger partial charge is 0.368 e. The van der Waals surface area contributed by atoms with Crippen LogP contribution in [-0.2, 0) is 11.8 Å². The first-order chi connectivity index (χ1) is 9.09. The lowest BCUT2D eigenvalue weighted by molar-refractivity contribution is -0.124. The van der Waals surface area contributed by atoms with Gasteiger partial charge in [0, 0.05) is 18.3 Å². The Morgan fingerprint density at radius 3 is 2.95 bits per heavy atom. The second-order valence-electron chi connectivity index (χ2n) is 5.57. The summed E-state index contributed by atoms with van der Waals surface area (Å²) in [6.45, 7) is 0. The molecule has 19 heavy (non-hydrogen) atoms. The molecule has 104 valence electrons. The third-order valence-corrected chi connectivity index (χ3v) is 5.26. The minimum Gasteiger partial charge on any atom is -0.368 e. The van der Waals surface area contributed by atoms with Gasteiger partial charge in [-0.2, -0.15) is 0 Å². The summed E-state index contributed by atoms with van der Waals surface area (Å²) in [5.41, 5.74) is 5.13. The van der Waals surface area contributed by atoms with Gasteiger partial charge in [-0.05, 0) is 32.1 Å². The second kappa shape index (κ2) is 4.79. The number of carbonyl (C=O) groups excluding carboxylic acids is 1. The van der Waals surface area contributed by atoms with Crippen LogP contribution in [0.4, 0.5) is 0 Å². The molecule has 0 saturated heterocycles. The molecule has 2 atom stereocenters. The first-order valence-corrected chi connectivity index (χ1v) is 7.55. The molecule has 1 amide bonds. The maximum atomic E-state index is 11.8. The zero-order valence-corrected chi connectivity index (χ0v) is 11.8. The van der Waals surface area contributed by atoms with Crippen LogP contribution in [0.2, 0.25) is 0 Å². The summed E-state index contributed by atoms with van der Waals surface area (Å²) < 4.78 is 1.91. The van der Waals surface area contributed by atoms with E-state index >= 15 is 0 Å². The highest BCUT2D eigenvalue weighted by Gasteiger charge is 2.47. The number of hydrogen-bond donors (Lipinski definition) is 2. The number of amides is 1. The Labute approximate surface area is 116 Å². The predicted octanol–water partition coefficient (Wildman–Crippen LogP) is 0.436. The van der Waals surface area contributed by atoms with E-state index in [0.717, 1.165) is 37.3 Å². The van der Waals surface area contributed by atoms with Crippen LogP contribution < -0.4 is 11.1 Å². The third kappa shape index (κ3) is 2.62. The van der Waals surface area contributed by atoms with Crippen LogP contribution in [0.3, 0.4) is 0 Å². The maximum absolute atomic E-state index is 11.8. The van der Waals surface area contributed by atoms with E-state index in [0.29, 0.717) is 11.3 Å². The van der Waals surface area contributed by atoms with Crippen LogP contribution in [0, 0.1) is 0 Å². The van der Waals surface area contributed by atoms with Gasteiger partial charge in [-0.25, -0.2) is 0 Å². The van der Waals surface area contributed by atoms with Crippen molar-refractivity contribution in [1.29, 1.82) is 0 Å². The van der Waals surface area contributed by atoms with Gasteiger partial charge in [0.05, 0.1) is 5.54 Å². The molecule has 2 unspecified atom stereocenters. The van der Waals surface area contributed by atoms with Gasteiger partial charge in [0.15, 0.2) is 5.16 Å². The number of thioether (sulfide) groups is 1. The number of nitrogens with zero attached hydrogens (tertiary/aromatic N) is 3. The molecule has 2 fully saturated rings. The van der Waals surface area contributed by atoms with Crippen LogP contribution in [0.25, 0.3) is 0 Å². The molecule has 2 aliphatic carbocycles. The Bertz CT molecular complexity index is 486. The molecule has 0 aromatic carbocycles. The normalized spacial score (nSPS) is 30.7. The second-order valence-corrected chi connectivity index (χ2v) is 6.84. The monoisotopic (exact) mass is 281 g/mol. The fourth-order valence-corrected chi connectivity index (χ4v) is 3.88. The number of nitrogens with one attached hydrogen (secondary N) is 1. The molecule has 0 radical (unpaired) electrons. The van der Waals surface area contributed by atoms with Crippen molar-refractivity contribution in [3.8, 4) is 0 Å². The van der Waals surface area contributed by atoms with E-state index in [-0.39, 0.29) is 5.91 Å². The minimum atomic E-state index is -0.503.